The van der Waals surface area contributed by atoms with E-state index in [4.69, 9.17) is 11.5 Å². The van der Waals surface area contributed by atoms with Gasteiger partial charge < -0.3 is 11.5 Å². The summed E-state index contributed by atoms with van der Waals surface area (Å²) in [6.07, 6.45) is 0. The molecule has 2 aromatic rings. The molecular weight excluding hydrogens is 328 g/mol. The Hall–Kier alpha value is -3.20. The molecule has 122 valence electrons. The zero-order chi connectivity index (χ0) is 17.2. The first-order valence-electron chi connectivity index (χ1n) is 6.90. The van der Waals surface area contributed by atoms with E-state index in [2.05, 4.69) is 20.7 Å². The van der Waals surface area contributed by atoms with E-state index in [0.29, 0.717) is 5.69 Å². The topological polar surface area (TPSA) is 135 Å². The van der Waals surface area contributed by atoms with E-state index in [9.17, 15) is 8.42 Å². The fourth-order valence-corrected chi connectivity index (χ4v) is 3.51. The minimum atomic E-state index is -3.70. The molecule has 0 saturated carbocycles. The van der Waals surface area contributed by atoms with Gasteiger partial charge in [0.2, 0.25) is 9.84 Å². The van der Waals surface area contributed by atoms with Crippen LogP contribution >= 0.6 is 0 Å². The molecule has 0 unspecified atom stereocenters. The highest BCUT2D eigenvalue weighted by molar-refractivity contribution is 7.91. The first kappa shape index (κ1) is 15.7. The SMILES string of the molecule is NC1=NN=C(N)C1=NNc1ccccc1S(=O)(=O)c1ccccc1. The maximum Gasteiger partial charge on any atom is 0.208 e. The number of benzene rings is 2. The van der Waals surface area contributed by atoms with Crippen molar-refractivity contribution in [3.05, 3.63) is 54.6 Å². The second-order valence-corrected chi connectivity index (χ2v) is 6.77. The summed E-state index contributed by atoms with van der Waals surface area (Å²) < 4.78 is 25.6. The minimum absolute atomic E-state index is 0.0587. The van der Waals surface area contributed by atoms with Crippen molar-refractivity contribution in [2.45, 2.75) is 9.79 Å². The van der Waals surface area contributed by atoms with Crippen LogP contribution in [0.3, 0.4) is 0 Å². The lowest BCUT2D eigenvalue weighted by Gasteiger charge is -2.10. The van der Waals surface area contributed by atoms with E-state index in [-0.39, 0.29) is 27.2 Å². The molecule has 24 heavy (non-hydrogen) atoms. The number of anilines is 1. The number of para-hydroxylation sites is 1. The molecule has 1 aliphatic heterocycles. The average Bonchev–Trinajstić information content (AvgIpc) is 2.92. The average molecular weight is 342 g/mol. The third kappa shape index (κ3) is 2.84. The van der Waals surface area contributed by atoms with Gasteiger partial charge >= 0.3 is 0 Å². The maximum atomic E-state index is 12.8. The van der Waals surface area contributed by atoms with Crippen LogP contribution in [0.5, 0.6) is 0 Å². The normalized spacial score (nSPS) is 14.1. The number of rotatable bonds is 4. The van der Waals surface area contributed by atoms with Crippen molar-refractivity contribution >= 4 is 32.9 Å². The summed E-state index contributed by atoms with van der Waals surface area (Å²) in [6.45, 7) is 0. The van der Waals surface area contributed by atoms with Gasteiger partial charge in [-0.25, -0.2) is 8.42 Å². The maximum absolute atomic E-state index is 12.8. The third-order valence-corrected chi connectivity index (χ3v) is 5.10. The number of sulfone groups is 1. The van der Waals surface area contributed by atoms with Crippen LogP contribution in [0.2, 0.25) is 0 Å². The Bertz CT molecular complexity index is 944. The number of nitrogens with zero attached hydrogens (tertiary/aromatic N) is 3. The summed E-state index contributed by atoms with van der Waals surface area (Å²) in [5.74, 6) is 0.117. The van der Waals surface area contributed by atoms with E-state index in [0.717, 1.165) is 0 Å². The lowest BCUT2D eigenvalue weighted by atomic mass is 10.3. The number of nitrogens with one attached hydrogen (secondary N) is 1. The molecule has 0 aliphatic carbocycles. The standard InChI is InChI=1S/C15H14N6O2S/c16-14-13(15(17)21-20-14)19-18-11-8-4-5-9-12(11)24(22,23)10-6-2-1-3-7-10/h1-9,18H,(H4,16,17,19,20,21). The summed E-state index contributed by atoms with van der Waals surface area (Å²) in [5.41, 5.74) is 14.4. The van der Waals surface area contributed by atoms with E-state index >= 15 is 0 Å². The van der Waals surface area contributed by atoms with Crippen molar-refractivity contribution in [3.63, 3.8) is 0 Å². The summed E-state index contributed by atoms with van der Waals surface area (Å²) in [5, 5.41) is 11.2. The Morgan fingerprint density at radius 1 is 0.875 bits per heavy atom. The smallest absolute Gasteiger partial charge is 0.208 e. The fourth-order valence-electron chi connectivity index (χ4n) is 2.08. The van der Waals surface area contributed by atoms with Crippen molar-refractivity contribution in [3.8, 4) is 0 Å². The quantitative estimate of drug-likeness (QED) is 0.710. The van der Waals surface area contributed by atoms with Crippen molar-refractivity contribution < 1.29 is 8.42 Å². The predicted molar refractivity (Wildman–Crippen MR) is 92.6 cm³/mol. The van der Waals surface area contributed by atoms with Crippen LogP contribution in [0, 0.1) is 0 Å². The fraction of sp³-hybridized carbons (Fsp3) is 0. The molecule has 0 aromatic heterocycles. The van der Waals surface area contributed by atoms with E-state index in [1.165, 1.54) is 18.2 Å². The van der Waals surface area contributed by atoms with E-state index in [1.807, 2.05) is 0 Å². The van der Waals surface area contributed by atoms with Crippen LogP contribution < -0.4 is 16.9 Å². The van der Waals surface area contributed by atoms with Crippen LogP contribution in [0.1, 0.15) is 0 Å². The van der Waals surface area contributed by atoms with Gasteiger partial charge in [-0.3, -0.25) is 5.43 Å². The van der Waals surface area contributed by atoms with E-state index in [1.54, 1.807) is 36.4 Å². The van der Waals surface area contributed by atoms with Crippen molar-refractivity contribution in [2.75, 3.05) is 5.43 Å². The minimum Gasteiger partial charge on any atom is -0.380 e. The summed E-state index contributed by atoms with van der Waals surface area (Å²) in [6, 6.07) is 14.6. The van der Waals surface area contributed by atoms with Gasteiger partial charge in [0.05, 0.1) is 15.5 Å². The first-order chi connectivity index (χ1) is 11.5. The molecular formula is C15H14N6O2S. The molecule has 0 saturated heterocycles. The van der Waals surface area contributed by atoms with Gasteiger partial charge in [0, 0.05) is 0 Å². The lowest BCUT2D eigenvalue weighted by Crippen LogP contribution is -2.32. The Labute approximate surface area is 138 Å². The van der Waals surface area contributed by atoms with Crippen molar-refractivity contribution in [1.82, 2.24) is 0 Å². The molecule has 0 amide bonds. The Kier molecular flexibility index (Phi) is 4.00. The second-order valence-electron chi connectivity index (χ2n) is 4.86. The molecule has 9 heteroatoms. The van der Waals surface area contributed by atoms with Gasteiger partial charge in [-0.2, -0.15) is 5.10 Å². The van der Waals surface area contributed by atoms with Gasteiger partial charge in [0.25, 0.3) is 0 Å². The number of hydrazone groups is 1. The molecule has 2 aromatic carbocycles. The van der Waals surface area contributed by atoms with Crippen molar-refractivity contribution in [1.29, 1.82) is 0 Å². The molecule has 0 spiro atoms. The highest BCUT2D eigenvalue weighted by Crippen LogP contribution is 2.27. The zero-order valence-electron chi connectivity index (χ0n) is 12.4. The Balaban J connectivity index is 1.99. The number of amidine groups is 2. The predicted octanol–water partition coefficient (Wildman–Crippen LogP) is 0.930. The van der Waals surface area contributed by atoms with Crippen LogP contribution in [0.25, 0.3) is 0 Å². The molecule has 5 N–H and O–H groups in total. The third-order valence-electron chi connectivity index (χ3n) is 3.27. The first-order valence-corrected chi connectivity index (χ1v) is 8.38. The highest BCUT2D eigenvalue weighted by Gasteiger charge is 2.21. The molecule has 3 rings (SSSR count). The number of hydrogen-bond acceptors (Lipinski definition) is 8. The Morgan fingerprint density at radius 2 is 1.46 bits per heavy atom. The monoisotopic (exact) mass is 342 g/mol. The molecule has 1 aliphatic rings. The second kappa shape index (κ2) is 6.13. The van der Waals surface area contributed by atoms with Crippen LogP contribution in [0.15, 0.2) is 79.7 Å². The van der Waals surface area contributed by atoms with Crippen LogP contribution in [-0.2, 0) is 9.84 Å². The Morgan fingerprint density at radius 3 is 2.12 bits per heavy atom. The van der Waals surface area contributed by atoms with Crippen LogP contribution in [0.4, 0.5) is 5.69 Å². The van der Waals surface area contributed by atoms with Gasteiger partial charge in [0.1, 0.15) is 0 Å². The van der Waals surface area contributed by atoms with Crippen LogP contribution in [-0.4, -0.2) is 25.8 Å². The summed E-state index contributed by atoms with van der Waals surface area (Å²) >= 11 is 0. The zero-order valence-corrected chi connectivity index (χ0v) is 13.2. The van der Waals surface area contributed by atoms with Gasteiger partial charge in [-0.15, -0.1) is 10.2 Å². The summed E-state index contributed by atoms with van der Waals surface area (Å²) in [4.78, 5) is 0.277. The largest absolute Gasteiger partial charge is 0.380 e. The van der Waals surface area contributed by atoms with E-state index < -0.39 is 9.84 Å². The van der Waals surface area contributed by atoms with Crippen molar-refractivity contribution in [2.24, 2.45) is 26.8 Å². The van der Waals surface area contributed by atoms with Gasteiger partial charge in [-0.1, -0.05) is 30.3 Å². The summed E-state index contributed by atoms with van der Waals surface area (Å²) in [7, 11) is -3.70. The number of hydrogen-bond donors (Lipinski definition) is 3. The highest BCUT2D eigenvalue weighted by atomic mass is 32.2. The molecule has 0 fully saturated rings. The molecule has 0 bridgehead atoms. The van der Waals surface area contributed by atoms with Gasteiger partial charge in [0.15, 0.2) is 17.4 Å². The molecule has 0 radical (unpaired) electrons. The lowest BCUT2D eigenvalue weighted by molar-refractivity contribution is 0.596. The molecule has 8 nitrogen and oxygen atoms in total. The molecule has 1 heterocycles. The molecule has 0 atom stereocenters. The number of nitrogens with two attached hydrogens (primary N) is 2. The van der Waals surface area contributed by atoms with Gasteiger partial charge in [-0.05, 0) is 24.3 Å².